The molecule has 0 aliphatic heterocycles. The molecular formula is C21H21Cl2N3O2. The van der Waals surface area contributed by atoms with Gasteiger partial charge in [-0.3, -0.25) is 9.48 Å². The summed E-state index contributed by atoms with van der Waals surface area (Å²) in [4.78, 5) is 12.4. The topological polar surface area (TPSA) is 56.2 Å². The van der Waals surface area contributed by atoms with E-state index in [-0.39, 0.29) is 5.91 Å². The van der Waals surface area contributed by atoms with E-state index in [0.717, 1.165) is 24.2 Å². The van der Waals surface area contributed by atoms with E-state index < -0.39 is 0 Å². The van der Waals surface area contributed by atoms with Crippen LogP contribution in [0, 0.1) is 6.92 Å². The molecule has 0 unspecified atom stereocenters. The fourth-order valence-corrected chi connectivity index (χ4v) is 3.07. The first-order chi connectivity index (χ1) is 13.5. The van der Waals surface area contributed by atoms with Crippen molar-refractivity contribution < 1.29 is 9.53 Å². The highest BCUT2D eigenvalue weighted by Gasteiger charge is 2.08. The smallest absolute Gasteiger partial charge is 0.251 e. The number of carbonyl (C=O) groups is 1. The van der Waals surface area contributed by atoms with Crippen LogP contribution in [-0.4, -0.2) is 22.2 Å². The molecule has 28 heavy (non-hydrogen) atoms. The van der Waals surface area contributed by atoms with Crippen molar-refractivity contribution >= 4 is 29.1 Å². The summed E-state index contributed by atoms with van der Waals surface area (Å²) in [5.74, 6) is 0.401. The highest BCUT2D eigenvalue weighted by Crippen LogP contribution is 2.31. The van der Waals surface area contributed by atoms with Crippen molar-refractivity contribution in [2.24, 2.45) is 0 Å². The summed E-state index contributed by atoms with van der Waals surface area (Å²) in [5.41, 5.74) is 2.57. The monoisotopic (exact) mass is 417 g/mol. The Kier molecular flexibility index (Phi) is 6.95. The second-order valence-corrected chi connectivity index (χ2v) is 7.13. The molecule has 0 spiro atoms. The van der Waals surface area contributed by atoms with Gasteiger partial charge in [-0.15, -0.1) is 0 Å². The predicted octanol–water partition coefficient (Wildman–Crippen LogP) is 4.90. The van der Waals surface area contributed by atoms with E-state index in [0.29, 0.717) is 34.5 Å². The fraction of sp³-hybridized carbons (Fsp3) is 0.238. The lowest BCUT2D eigenvalue weighted by Crippen LogP contribution is -2.25. The number of aromatic nitrogens is 2. The molecule has 2 aromatic carbocycles. The molecule has 0 aliphatic carbocycles. The van der Waals surface area contributed by atoms with Gasteiger partial charge in [0.2, 0.25) is 0 Å². The number of carbonyl (C=O) groups excluding carboxylic acids is 1. The van der Waals surface area contributed by atoms with Gasteiger partial charge in [0.1, 0.15) is 17.4 Å². The Labute approximate surface area is 174 Å². The molecule has 1 heterocycles. The van der Waals surface area contributed by atoms with Crippen LogP contribution in [0.1, 0.15) is 28.0 Å². The maximum atomic E-state index is 12.4. The molecule has 5 nitrogen and oxygen atoms in total. The van der Waals surface area contributed by atoms with Crippen LogP contribution in [0.3, 0.4) is 0 Å². The number of benzene rings is 2. The molecule has 0 fully saturated rings. The number of nitrogens with zero attached hydrogens (tertiary/aromatic N) is 2. The van der Waals surface area contributed by atoms with Crippen LogP contribution in [0.2, 0.25) is 10.0 Å². The van der Waals surface area contributed by atoms with Gasteiger partial charge in [0.15, 0.2) is 0 Å². The maximum Gasteiger partial charge on any atom is 0.251 e. The van der Waals surface area contributed by atoms with Crippen molar-refractivity contribution in [3.05, 3.63) is 81.6 Å². The van der Waals surface area contributed by atoms with E-state index in [9.17, 15) is 4.79 Å². The summed E-state index contributed by atoms with van der Waals surface area (Å²) in [5, 5.41) is 7.99. The molecule has 0 saturated carbocycles. The zero-order valence-electron chi connectivity index (χ0n) is 15.5. The summed E-state index contributed by atoms with van der Waals surface area (Å²) < 4.78 is 7.65. The molecule has 1 N–H and O–H groups in total. The Bertz CT molecular complexity index is 956. The lowest BCUT2D eigenvalue weighted by atomic mass is 10.1. The van der Waals surface area contributed by atoms with Crippen LogP contribution in [0.4, 0.5) is 0 Å². The first-order valence-corrected chi connectivity index (χ1v) is 9.72. The number of ether oxygens (including phenoxy) is 1. The van der Waals surface area contributed by atoms with E-state index >= 15 is 0 Å². The number of amides is 1. The number of nitrogens with one attached hydrogen (secondary N) is 1. The van der Waals surface area contributed by atoms with Gasteiger partial charge in [0.25, 0.3) is 5.91 Å². The van der Waals surface area contributed by atoms with Gasteiger partial charge in [-0.25, -0.2) is 0 Å². The van der Waals surface area contributed by atoms with E-state index in [1.54, 1.807) is 30.5 Å². The summed E-state index contributed by atoms with van der Waals surface area (Å²) in [6, 6.07) is 14.5. The fourth-order valence-electron chi connectivity index (χ4n) is 2.72. The molecule has 0 aliphatic rings. The average Bonchev–Trinajstić information content (AvgIpc) is 3.11. The third-order valence-corrected chi connectivity index (χ3v) is 5.06. The van der Waals surface area contributed by atoms with Crippen molar-refractivity contribution in [3.63, 3.8) is 0 Å². The molecule has 1 amide bonds. The van der Waals surface area contributed by atoms with Crippen LogP contribution >= 0.6 is 23.2 Å². The molecule has 0 radical (unpaired) electrons. The van der Waals surface area contributed by atoms with Gasteiger partial charge in [-0.1, -0.05) is 41.4 Å². The van der Waals surface area contributed by atoms with Gasteiger partial charge in [-0.2, -0.15) is 5.10 Å². The van der Waals surface area contributed by atoms with E-state index in [2.05, 4.69) is 10.4 Å². The predicted molar refractivity (Wildman–Crippen MR) is 111 cm³/mol. The van der Waals surface area contributed by atoms with Gasteiger partial charge >= 0.3 is 0 Å². The van der Waals surface area contributed by atoms with E-state index in [1.165, 1.54) is 0 Å². The second kappa shape index (κ2) is 9.62. The van der Waals surface area contributed by atoms with Crippen LogP contribution in [0.25, 0.3) is 0 Å². The first kappa shape index (κ1) is 20.2. The third kappa shape index (κ3) is 5.27. The minimum absolute atomic E-state index is 0.111. The lowest BCUT2D eigenvalue weighted by molar-refractivity contribution is 0.0952. The van der Waals surface area contributed by atoms with Crippen molar-refractivity contribution in [1.29, 1.82) is 0 Å². The van der Waals surface area contributed by atoms with Crippen molar-refractivity contribution in [3.8, 4) is 5.75 Å². The minimum Gasteiger partial charge on any atom is -0.487 e. The quantitative estimate of drug-likeness (QED) is 0.530. The Balaban J connectivity index is 1.51. The number of halogens is 2. The van der Waals surface area contributed by atoms with E-state index in [1.807, 2.05) is 35.9 Å². The molecule has 0 bridgehead atoms. The van der Waals surface area contributed by atoms with E-state index in [4.69, 9.17) is 27.9 Å². The van der Waals surface area contributed by atoms with Crippen molar-refractivity contribution in [1.82, 2.24) is 15.1 Å². The van der Waals surface area contributed by atoms with Crippen LogP contribution in [0.15, 0.2) is 54.7 Å². The van der Waals surface area contributed by atoms with Crippen LogP contribution in [0.5, 0.6) is 5.75 Å². The number of aryl methyl sites for hydroxylation is 2. The van der Waals surface area contributed by atoms with Crippen LogP contribution < -0.4 is 10.1 Å². The zero-order chi connectivity index (χ0) is 19.9. The Hall–Kier alpha value is -2.50. The molecule has 0 saturated heterocycles. The summed E-state index contributed by atoms with van der Waals surface area (Å²) in [6.45, 7) is 3.65. The SMILES string of the molecule is Cc1ccnn1CCCNC(=O)c1cccc(COc2cccc(Cl)c2Cl)c1. The number of hydrogen-bond acceptors (Lipinski definition) is 3. The highest BCUT2D eigenvalue weighted by molar-refractivity contribution is 6.42. The molecule has 1 aromatic heterocycles. The van der Waals surface area contributed by atoms with Crippen molar-refractivity contribution in [2.75, 3.05) is 6.54 Å². The van der Waals surface area contributed by atoms with Gasteiger partial charge in [0, 0.05) is 30.5 Å². The molecule has 146 valence electrons. The number of rotatable bonds is 8. The zero-order valence-corrected chi connectivity index (χ0v) is 17.0. The Morgan fingerprint density at radius 2 is 2.00 bits per heavy atom. The summed E-state index contributed by atoms with van der Waals surface area (Å²) >= 11 is 12.1. The van der Waals surface area contributed by atoms with Crippen molar-refractivity contribution in [2.45, 2.75) is 26.5 Å². The van der Waals surface area contributed by atoms with Gasteiger partial charge in [-0.05, 0) is 49.2 Å². The average molecular weight is 418 g/mol. The second-order valence-electron chi connectivity index (χ2n) is 6.35. The van der Waals surface area contributed by atoms with Gasteiger partial charge < -0.3 is 10.1 Å². The normalized spacial score (nSPS) is 10.7. The lowest BCUT2D eigenvalue weighted by Gasteiger charge is -2.10. The summed E-state index contributed by atoms with van der Waals surface area (Å²) in [7, 11) is 0. The third-order valence-electron chi connectivity index (χ3n) is 4.26. The Morgan fingerprint density at radius 1 is 1.18 bits per heavy atom. The number of hydrogen-bond donors (Lipinski definition) is 1. The minimum atomic E-state index is -0.111. The molecule has 0 atom stereocenters. The van der Waals surface area contributed by atoms with Crippen LogP contribution in [-0.2, 0) is 13.2 Å². The largest absolute Gasteiger partial charge is 0.487 e. The molecule has 3 aromatic rings. The first-order valence-electron chi connectivity index (χ1n) is 8.97. The summed E-state index contributed by atoms with van der Waals surface area (Å²) in [6.07, 6.45) is 2.59. The van der Waals surface area contributed by atoms with Gasteiger partial charge in [0.05, 0.1) is 5.02 Å². The maximum absolute atomic E-state index is 12.4. The molecule has 3 rings (SSSR count). The molecular weight excluding hydrogens is 397 g/mol. The highest BCUT2D eigenvalue weighted by atomic mass is 35.5. The Morgan fingerprint density at radius 3 is 2.79 bits per heavy atom. The standard InChI is InChI=1S/C21H21Cl2N3O2/c1-15-9-11-25-26(15)12-4-10-24-21(27)17-6-2-5-16(13-17)14-28-19-8-3-7-18(22)20(19)23/h2-3,5-9,11,13H,4,10,12,14H2,1H3,(H,24,27). The molecule has 7 heteroatoms.